The van der Waals surface area contributed by atoms with Crippen molar-refractivity contribution in [3.05, 3.63) is 47.5 Å². The fourth-order valence-electron chi connectivity index (χ4n) is 3.34. The van der Waals surface area contributed by atoms with Crippen LogP contribution >= 0.6 is 11.6 Å². The zero-order chi connectivity index (χ0) is 17.9. The average molecular weight is 369 g/mol. The molecule has 0 aromatic heterocycles. The van der Waals surface area contributed by atoms with Gasteiger partial charge in [0.15, 0.2) is 0 Å². The molecule has 4 atom stereocenters. The number of nitrogens with one attached hydrogen (secondary N) is 1. The molecular weight excluding hydrogens is 340 g/mol. The van der Waals surface area contributed by atoms with Crippen LogP contribution in [0.1, 0.15) is 52.1 Å². The quantitative estimate of drug-likeness (QED) is 0.751. The number of benzene rings is 1. The van der Waals surface area contributed by atoms with Gasteiger partial charge in [-0.1, -0.05) is 29.8 Å². The van der Waals surface area contributed by atoms with Gasteiger partial charge in [0, 0.05) is 29.7 Å². The maximum Gasteiger partial charge on any atom is 0.0973 e. The number of likely N-dealkylation sites (tertiary alicyclic amines) is 1. The summed E-state index contributed by atoms with van der Waals surface area (Å²) in [5.41, 5.74) is 1.25. The van der Waals surface area contributed by atoms with Crippen molar-refractivity contribution in [3.8, 4) is 0 Å². The number of hydrogen-bond donors (Lipinski definition) is 1. The molecule has 5 heteroatoms. The number of halogens is 1. The highest BCUT2D eigenvalue weighted by molar-refractivity contribution is 7.84. The lowest BCUT2D eigenvalue weighted by Crippen LogP contribution is -2.49. The van der Waals surface area contributed by atoms with E-state index in [4.69, 9.17) is 11.6 Å². The molecule has 1 aromatic carbocycles. The Morgan fingerprint density at radius 2 is 2.17 bits per heavy atom. The van der Waals surface area contributed by atoms with Gasteiger partial charge in [0.2, 0.25) is 0 Å². The monoisotopic (exact) mass is 368 g/mol. The van der Waals surface area contributed by atoms with Gasteiger partial charge >= 0.3 is 0 Å². The maximum atomic E-state index is 12.4. The Hall–Kier alpha value is -0.680. The first kappa shape index (κ1) is 19.6. The van der Waals surface area contributed by atoms with E-state index in [1.54, 1.807) is 0 Å². The van der Waals surface area contributed by atoms with Gasteiger partial charge in [0.05, 0.1) is 15.7 Å². The van der Waals surface area contributed by atoms with Gasteiger partial charge in [-0.05, 0) is 58.2 Å². The Morgan fingerprint density at radius 3 is 2.75 bits per heavy atom. The summed E-state index contributed by atoms with van der Waals surface area (Å²) in [6.45, 7) is 12.8. The van der Waals surface area contributed by atoms with E-state index in [0.717, 1.165) is 24.4 Å². The Labute approximate surface area is 154 Å². The highest BCUT2D eigenvalue weighted by Crippen LogP contribution is 2.38. The van der Waals surface area contributed by atoms with Crippen molar-refractivity contribution in [1.29, 1.82) is 0 Å². The summed E-state index contributed by atoms with van der Waals surface area (Å²) >= 11 is 6.17. The second kappa shape index (κ2) is 8.13. The van der Waals surface area contributed by atoms with Gasteiger partial charge in [-0.3, -0.25) is 4.90 Å². The van der Waals surface area contributed by atoms with Crippen molar-refractivity contribution in [3.63, 3.8) is 0 Å². The Kier molecular flexibility index (Phi) is 6.66. The fraction of sp³-hybridized carbons (Fsp3) is 0.579. The molecule has 1 unspecified atom stereocenters. The largest absolute Gasteiger partial charge is 0.288 e. The molecule has 134 valence electrons. The molecule has 1 saturated heterocycles. The molecule has 0 bridgehead atoms. The van der Waals surface area contributed by atoms with E-state index in [-0.39, 0.29) is 10.8 Å². The SMILES string of the molecule is C=CCN1[C@@H]([C@H](C)NS(=O)C(C)(C)C)CC[C@H]1c1cccc(Cl)c1. The Morgan fingerprint density at radius 1 is 1.46 bits per heavy atom. The van der Waals surface area contributed by atoms with Crippen molar-refractivity contribution < 1.29 is 4.21 Å². The Balaban J connectivity index is 2.16. The number of nitrogens with zero attached hydrogens (tertiary/aromatic N) is 1. The zero-order valence-electron chi connectivity index (χ0n) is 15.1. The first-order chi connectivity index (χ1) is 11.2. The second-order valence-corrected chi connectivity index (χ2v) is 9.92. The number of hydrogen-bond acceptors (Lipinski definition) is 2. The Bertz CT molecular complexity index is 599. The average Bonchev–Trinajstić information content (AvgIpc) is 2.90. The molecule has 0 spiro atoms. The van der Waals surface area contributed by atoms with Crippen molar-refractivity contribution in [2.24, 2.45) is 0 Å². The third-order valence-corrected chi connectivity index (χ3v) is 6.50. The smallest absolute Gasteiger partial charge is 0.0973 e. The van der Waals surface area contributed by atoms with Crippen LogP contribution < -0.4 is 4.72 Å². The van der Waals surface area contributed by atoms with E-state index >= 15 is 0 Å². The van der Waals surface area contributed by atoms with Gasteiger partial charge in [-0.25, -0.2) is 8.93 Å². The molecule has 3 nitrogen and oxygen atoms in total. The molecule has 0 amide bonds. The first-order valence-electron chi connectivity index (χ1n) is 8.54. The van der Waals surface area contributed by atoms with E-state index in [0.29, 0.717) is 12.1 Å². The molecule has 0 aliphatic carbocycles. The minimum Gasteiger partial charge on any atom is -0.288 e. The number of rotatable bonds is 6. The lowest BCUT2D eigenvalue weighted by Gasteiger charge is -2.34. The highest BCUT2D eigenvalue weighted by Gasteiger charge is 2.37. The van der Waals surface area contributed by atoms with Crippen LogP contribution in [0.3, 0.4) is 0 Å². The minimum atomic E-state index is -1.07. The summed E-state index contributed by atoms with van der Waals surface area (Å²) in [7, 11) is -1.07. The molecular formula is C19H29ClN2OS. The molecule has 2 rings (SSSR count). The van der Waals surface area contributed by atoms with Crippen LogP contribution in [0.15, 0.2) is 36.9 Å². The van der Waals surface area contributed by atoms with Gasteiger partial charge in [0.25, 0.3) is 0 Å². The lowest BCUT2D eigenvalue weighted by atomic mass is 10.0. The van der Waals surface area contributed by atoms with Crippen LogP contribution in [-0.4, -0.2) is 32.5 Å². The van der Waals surface area contributed by atoms with E-state index < -0.39 is 11.0 Å². The predicted molar refractivity (Wildman–Crippen MR) is 105 cm³/mol. The van der Waals surface area contributed by atoms with Crippen LogP contribution in [0.4, 0.5) is 0 Å². The predicted octanol–water partition coefficient (Wildman–Crippen LogP) is 4.47. The summed E-state index contributed by atoms with van der Waals surface area (Å²) in [5, 5.41) is 0.773. The molecule has 1 fully saturated rings. The van der Waals surface area contributed by atoms with E-state index in [1.165, 1.54) is 5.56 Å². The molecule has 24 heavy (non-hydrogen) atoms. The van der Waals surface area contributed by atoms with Gasteiger partial charge in [-0.2, -0.15) is 0 Å². The third-order valence-electron chi connectivity index (χ3n) is 4.56. The van der Waals surface area contributed by atoms with Crippen molar-refractivity contribution in [2.75, 3.05) is 6.54 Å². The van der Waals surface area contributed by atoms with Crippen LogP contribution in [0.5, 0.6) is 0 Å². The van der Waals surface area contributed by atoms with Crippen LogP contribution in [0.25, 0.3) is 0 Å². The van der Waals surface area contributed by atoms with Crippen LogP contribution in [0, 0.1) is 0 Å². The van der Waals surface area contributed by atoms with E-state index in [9.17, 15) is 4.21 Å². The molecule has 1 aromatic rings. The summed E-state index contributed by atoms with van der Waals surface area (Å²) < 4.78 is 15.5. The molecule has 1 aliphatic heterocycles. The van der Waals surface area contributed by atoms with Gasteiger partial charge in [0.1, 0.15) is 0 Å². The lowest BCUT2D eigenvalue weighted by molar-refractivity contribution is 0.192. The first-order valence-corrected chi connectivity index (χ1v) is 10.1. The van der Waals surface area contributed by atoms with Crippen molar-refractivity contribution >= 4 is 22.6 Å². The second-order valence-electron chi connectivity index (χ2n) is 7.49. The van der Waals surface area contributed by atoms with Crippen molar-refractivity contribution in [2.45, 2.75) is 63.4 Å². The van der Waals surface area contributed by atoms with E-state index in [1.807, 2.05) is 39.0 Å². The normalized spacial score (nSPS) is 24.7. The highest BCUT2D eigenvalue weighted by atomic mass is 35.5. The molecule has 1 aliphatic rings. The van der Waals surface area contributed by atoms with Crippen LogP contribution in [-0.2, 0) is 11.0 Å². The van der Waals surface area contributed by atoms with Crippen LogP contribution in [0.2, 0.25) is 5.02 Å². The topological polar surface area (TPSA) is 32.3 Å². The standard InChI is InChI=1S/C19H29ClN2OS/c1-6-12-22-17(14(2)21-24(23)19(3,4)5)10-11-18(22)15-8-7-9-16(20)13-15/h6-9,13-14,17-18,21H,1,10-12H2,2-5H3/t14-,17+,18-,24?/m0/s1. The molecule has 0 radical (unpaired) electrons. The zero-order valence-corrected chi connectivity index (χ0v) is 16.7. The summed E-state index contributed by atoms with van der Waals surface area (Å²) in [6.07, 6.45) is 4.09. The summed E-state index contributed by atoms with van der Waals surface area (Å²) in [5.74, 6) is 0. The maximum absolute atomic E-state index is 12.4. The fourth-order valence-corrected chi connectivity index (χ4v) is 4.38. The molecule has 0 saturated carbocycles. The van der Waals surface area contributed by atoms with E-state index in [2.05, 4.69) is 35.3 Å². The molecule has 1 heterocycles. The van der Waals surface area contributed by atoms with Crippen molar-refractivity contribution in [1.82, 2.24) is 9.62 Å². The third kappa shape index (κ3) is 4.69. The summed E-state index contributed by atoms with van der Waals surface area (Å²) in [6, 6.07) is 8.92. The minimum absolute atomic E-state index is 0.147. The molecule has 1 N–H and O–H groups in total. The summed E-state index contributed by atoms with van der Waals surface area (Å²) in [4.78, 5) is 2.45. The van der Waals surface area contributed by atoms with Gasteiger partial charge in [-0.15, -0.1) is 6.58 Å². The van der Waals surface area contributed by atoms with Gasteiger partial charge < -0.3 is 0 Å².